The lowest BCUT2D eigenvalue weighted by Gasteiger charge is -2.08. The Balaban J connectivity index is 2.58. The Morgan fingerprint density at radius 2 is 1.83 bits per heavy atom. The third-order valence-corrected chi connectivity index (χ3v) is 1.92. The molecule has 2 nitrogen and oxygen atoms in total. The molecule has 0 fully saturated rings. The first-order valence-electron chi connectivity index (χ1n) is 4.23. The van der Waals surface area contributed by atoms with E-state index in [0.29, 0.717) is 6.54 Å². The highest BCUT2D eigenvalue weighted by molar-refractivity contribution is 5.21. The van der Waals surface area contributed by atoms with Crippen LogP contribution >= 0.6 is 0 Å². The molecule has 0 aliphatic carbocycles. The summed E-state index contributed by atoms with van der Waals surface area (Å²) in [7, 11) is 0. The molecule has 0 radical (unpaired) electrons. The summed E-state index contributed by atoms with van der Waals surface area (Å²) in [4.78, 5) is 0. The fourth-order valence-corrected chi connectivity index (χ4v) is 1.11. The van der Waals surface area contributed by atoms with Crippen molar-refractivity contribution in [2.75, 3.05) is 6.54 Å². The maximum atomic E-state index is 5.72. The van der Waals surface area contributed by atoms with Gasteiger partial charge in [0.1, 0.15) is 0 Å². The molecule has 66 valence electrons. The van der Waals surface area contributed by atoms with E-state index in [4.69, 9.17) is 11.5 Å². The van der Waals surface area contributed by atoms with Gasteiger partial charge in [0.15, 0.2) is 0 Å². The van der Waals surface area contributed by atoms with Crippen molar-refractivity contribution in [2.45, 2.75) is 19.4 Å². The number of benzene rings is 1. The molecule has 1 aromatic carbocycles. The van der Waals surface area contributed by atoms with E-state index in [0.717, 1.165) is 6.42 Å². The van der Waals surface area contributed by atoms with Crippen molar-refractivity contribution in [1.82, 2.24) is 0 Å². The SMILES string of the molecule is Cc1ccc(CC(N)CN)cc1. The van der Waals surface area contributed by atoms with E-state index in [1.54, 1.807) is 0 Å². The second-order valence-corrected chi connectivity index (χ2v) is 3.19. The van der Waals surface area contributed by atoms with E-state index in [2.05, 4.69) is 31.2 Å². The molecular weight excluding hydrogens is 148 g/mol. The van der Waals surface area contributed by atoms with Crippen molar-refractivity contribution >= 4 is 0 Å². The number of hydrogen-bond acceptors (Lipinski definition) is 2. The smallest absolute Gasteiger partial charge is 0.0203 e. The second kappa shape index (κ2) is 4.24. The molecule has 12 heavy (non-hydrogen) atoms. The first kappa shape index (κ1) is 9.23. The van der Waals surface area contributed by atoms with Gasteiger partial charge in [-0.2, -0.15) is 0 Å². The minimum absolute atomic E-state index is 0.0905. The predicted octanol–water partition coefficient (Wildman–Crippen LogP) is 0.824. The molecule has 1 unspecified atom stereocenters. The summed E-state index contributed by atoms with van der Waals surface area (Å²) in [6.45, 7) is 2.63. The Kier molecular flexibility index (Phi) is 3.26. The lowest BCUT2D eigenvalue weighted by atomic mass is 10.1. The number of rotatable bonds is 3. The molecule has 0 amide bonds. The Bertz CT molecular complexity index is 228. The highest BCUT2D eigenvalue weighted by Crippen LogP contribution is 2.04. The van der Waals surface area contributed by atoms with Gasteiger partial charge in [-0.05, 0) is 18.9 Å². The molecule has 2 heteroatoms. The van der Waals surface area contributed by atoms with Crippen molar-refractivity contribution < 1.29 is 0 Å². The number of aryl methyl sites for hydroxylation is 1. The van der Waals surface area contributed by atoms with Crippen molar-refractivity contribution in [3.63, 3.8) is 0 Å². The average molecular weight is 164 g/mol. The molecule has 0 aliphatic rings. The maximum absolute atomic E-state index is 5.72. The van der Waals surface area contributed by atoms with Crippen LogP contribution in [0.3, 0.4) is 0 Å². The predicted molar refractivity (Wildman–Crippen MR) is 51.9 cm³/mol. The molecule has 0 saturated carbocycles. The fraction of sp³-hybridized carbons (Fsp3) is 0.400. The Morgan fingerprint density at radius 3 is 2.33 bits per heavy atom. The van der Waals surface area contributed by atoms with E-state index in [1.807, 2.05) is 0 Å². The molecular formula is C10H16N2. The Morgan fingerprint density at radius 1 is 1.25 bits per heavy atom. The molecule has 1 atom stereocenters. The molecule has 0 aliphatic heterocycles. The highest BCUT2D eigenvalue weighted by atomic mass is 14.7. The monoisotopic (exact) mass is 164 g/mol. The van der Waals surface area contributed by atoms with E-state index < -0.39 is 0 Å². The van der Waals surface area contributed by atoms with Gasteiger partial charge >= 0.3 is 0 Å². The molecule has 0 heterocycles. The number of nitrogens with two attached hydrogens (primary N) is 2. The minimum atomic E-state index is 0.0905. The summed E-state index contributed by atoms with van der Waals surface area (Å²) >= 11 is 0. The van der Waals surface area contributed by atoms with Gasteiger partial charge in [0.05, 0.1) is 0 Å². The topological polar surface area (TPSA) is 52.0 Å². The zero-order chi connectivity index (χ0) is 8.97. The van der Waals surface area contributed by atoms with Gasteiger partial charge in [0.25, 0.3) is 0 Å². The molecule has 1 rings (SSSR count). The highest BCUT2D eigenvalue weighted by Gasteiger charge is 2.00. The third kappa shape index (κ3) is 2.64. The van der Waals surface area contributed by atoms with E-state index >= 15 is 0 Å². The molecule has 0 saturated heterocycles. The fourth-order valence-electron chi connectivity index (χ4n) is 1.11. The summed E-state index contributed by atoms with van der Waals surface area (Å²) in [6, 6.07) is 8.49. The van der Waals surface area contributed by atoms with Crippen LogP contribution in [0.1, 0.15) is 11.1 Å². The van der Waals surface area contributed by atoms with Crippen LogP contribution < -0.4 is 11.5 Å². The lowest BCUT2D eigenvalue weighted by molar-refractivity contribution is 0.678. The van der Waals surface area contributed by atoms with Gasteiger partial charge in [0, 0.05) is 12.6 Å². The summed E-state index contributed by atoms with van der Waals surface area (Å²) in [6.07, 6.45) is 0.872. The second-order valence-electron chi connectivity index (χ2n) is 3.19. The van der Waals surface area contributed by atoms with Gasteiger partial charge in [-0.3, -0.25) is 0 Å². The van der Waals surface area contributed by atoms with Crippen LogP contribution in [0, 0.1) is 6.92 Å². The van der Waals surface area contributed by atoms with Gasteiger partial charge in [-0.25, -0.2) is 0 Å². The first-order valence-corrected chi connectivity index (χ1v) is 4.23. The van der Waals surface area contributed by atoms with Crippen LogP contribution in [-0.2, 0) is 6.42 Å². The zero-order valence-electron chi connectivity index (χ0n) is 7.46. The molecule has 0 spiro atoms. The number of hydrogen-bond donors (Lipinski definition) is 2. The van der Waals surface area contributed by atoms with Crippen molar-refractivity contribution in [2.24, 2.45) is 11.5 Å². The lowest BCUT2D eigenvalue weighted by Crippen LogP contribution is -2.31. The normalized spacial score (nSPS) is 12.9. The van der Waals surface area contributed by atoms with Crippen LogP contribution in [0.2, 0.25) is 0 Å². The molecule has 0 bridgehead atoms. The molecule has 1 aromatic rings. The average Bonchev–Trinajstić information content (AvgIpc) is 2.09. The summed E-state index contributed by atoms with van der Waals surface area (Å²) in [5, 5.41) is 0. The van der Waals surface area contributed by atoms with E-state index in [1.165, 1.54) is 11.1 Å². The molecule has 0 aromatic heterocycles. The zero-order valence-corrected chi connectivity index (χ0v) is 7.46. The van der Waals surface area contributed by atoms with Crippen molar-refractivity contribution in [3.8, 4) is 0 Å². The van der Waals surface area contributed by atoms with Crippen LogP contribution in [0.25, 0.3) is 0 Å². The molecule has 4 N–H and O–H groups in total. The van der Waals surface area contributed by atoms with Crippen LogP contribution in [0.5, 0.6) is 0 Å². The largest absolute Gasteiger partial charge is 0.329 e. The van der Waals surface area contributed by atoms with Crippen molar-refractivity contribution in [3.05, 3.63) is 35.4 Å². The summed E-state index contributed by atoms with van der Waals surface area (Å²) in [5.74, 6) is 0. The van der Waals surface area contributed by atoms with Crippen molar-refractivity contribution in [1.29, 1.82) is 0 Å². The summed E-state index contributed by atoms with van der Waals surface area (Å²) < 4.78 is 0. The van der Waals surface area contributed by atoms with E-state index in [9.17, 15) is 0 Å². The van der Waals surface area contributed by atoms with E-state index in [-0.39, 0.29) is 6.04 Å². The van der Waals surface area contributed by atoms with Gasteiger partial charge < -0.3 is 11.5 Å². The van der Waals surface area contributed by atoms with Gasteiger partial charge in [-0.1, -0.05) is 29.8 Å². The third-order valence-electron chi connectivity index (χ3n) is 1.92. The standard InChI is InChI=1S/C10H16N2/c1-8-2-4-9(5-3-8)6-10(12)7-11/h2-5,10H,6-7,11-12H2,1H3. The quantitative estimate of drug-likeness (QED) is 0.695. The maximum Gasteiger partial charge on any atom is 0.0203 e. The Hall–Kier alpha value is -0.860. The Labute approximate surface area is 73.6 Å². The van der Waals surface area contributed by atoms with Crippen LogP contribution in [0.15, 0.2) is 24.3 Å². The summed E-state index contributed by atoms with van der Waals surface area (Å²) in [5.41, 5.74) is 13.7. The van der Waals surface area contributed by atoms with Gasteiger partial charge in [0.2, 0.25) is 0 Å². The van der Waals surface area contributed by atoms with Crippen LogP contribution in [-0.4, -0.2) is 12.6 Å². The first-order chi connectivity index (χ1) is 5.72. The van der Waals surface area contributed by atoms with Gasteiger partial charge in [-0.15, -0.1) is 0 Å². The minimum Gasteiger partial charge on any atom is -0.329 e. The van der Waals surface area contributed by atoms with Crippen LogP contribution in [0.4, 0.5) is 0 Å².